The van der Waals surface area contributed by atoms with Gasteiger partial charge in [0, 0.05) is 34.1 Å². The van der Waals surface area contributed by atoms with E-state index in [9.17, 15) is 9.59 Å². The van der Waals surface area contributed by atoms with E-state index in [1.54, 1.807) is 16.7 Å². The second kappa shape index (κ2) is 7.40. The van der Waals surface area contributed by atoms with Gasteiger partial charge in [0.25, 0.3) is 0 Å². The maximum Gasteiger partial charge on any atom is 0.248 e. The minimum absolute atomic E-state index is 0.0767. The first kappa shape index (κ1) is 19.3. The fourth-order valence-electron chi connectivity index (χ4n) is 3.69. The number of rotatable bonds is 4. The maximum atomic E-state index is 12.8. The van der Waals surface area contributed by atoms with E-state index in [2.05, 4.69) is 22.2 Å². The number of hydrogen-bond acceptors (Lipinski definition) is 6. The van der Waals surface area contributed by atoms with Crippen LogP contribution in [0.3, 0.4) is 0 Å². The number of nitrogens with zero attached hydrogens (tertiary/aromatic N) is 3. The van der Waals surface area contributed by atoms with Gasteiger partial charge in [-0.2, -0.15) is 0 Å². The molecule has 2 saturated heterocycles. The zero-order valence-electron chi connectivity index (χ0n) is 16.1. The number of fused-ring (bicyclic) bond motifs is 1. The molecule has 0 bridgehead atoms. The largest absolute Gasteiger partial charge is 0.324 e. The minimum atomic E-state index is -0.400. The number of amides is 2. The molecule has 4 rings (SSSR count). The predicted octanol–water partition coefficient (Wildman–Crippen LogP) is 3.64. The molecule has 2 fully saturated rings. The number of aryl methyl sites for hydroxylation is 2. The van der Waals surface area contributed by atoms with Crippen LogP contribution in [-0.4, -0.2) is 43.3 Å². The van der Waals surface area contributed by atoms with E-state index in [4.69, 9.17) is 0 Å². The number of hydrogen-bond donors (Lipinski definition) is 1. The molecular formula is C20H22N4O2S2. The first-order chi connectivity index (χ1) is 13.3. The summed E-state index contributed by atoms with van der Waals surface area (Å²) in [6.45, 7) is 5.96. The lowest BCUT2D eigenvalue weighted by molar-refractivity contribution is -0.135. The average Bonchev–Trinajstić information content (AvgIpc) is 3.12. The highest BCUT2D eigenvalue weighted by Gasteiger charge is 2.52. The summed E-state index contributed by atoms with van der Waals surface area (Å²) in [5.74, 6) is 0.601. The number of benzene rings is 1. The van der Waals surface area contributed by atoms with Crippen molar-refractivity contribution in [2.24, 2.45) is 0 Å². The van der Waals surface area contributed by atoms with Crippen molar-refractivity contribution < 1.29 is 9.59 Å². The highest BCUT2D eigenvalue weighted by Crippen LogP contribution is 2.47. The van der Waals surface area contributed by atoms with Crippen LogP contribution < -0.4 is 5.32 Å². The van der Waals surface area contributed by atoms with Gasteiger partial charge in [0.05, 0.1) is 4.87 Å². The summed E-state index contributed by atoms with van der Waals surface area (Å²) < 4.78 is 0. The fraction of sp³-hybridized carbons (Fsp3) is 0.400. The van der Waals surface area contributed by atoms with Crippen molar-refractivity contribution in [1.82, 2.24) is 14.9 Å². The number of carbonyl (C=O) groups excluding carboxylic acids is 2. The third kappa shape index (κ3) is 3.75. The van der Waals surface area contributed by atoms with Crippen molar-refractivity contribution in [2.75, 3.05) is 11.1 Å². The average molecular weight is 415 g/mol. The monoisotopic (exact) mass is 414 g/mol. The van der Waals surface area contributed by atoms with Gasteiger partial charge in [-0.05, 0) is 69.3 Å². The molecule has 2 atom stereocenters. The van der Waals surface area contributed by atoms with Gasteiger partial charge in [0.1, 0.15) is 6.04 Å². The lowest BCUT2D eigenvalue weighted by Gasteiger charge is -2.29. The molecule has 1 aromatic heterocycles. The molecule has 3 heterocycles. The summed E-state index contributed by atoms with van der Waals surface area (Å²) in [5, 5.41) is 3.67. The summed E-state index contributed by atoms with van der Waals surface area (Å²) >= 11 is 3.19. The SMILES string of the molecule is Cc1cc(C)nc(Sc2ccc(NC(=O)C3CSC4(C)CCC(=O)N34)cc2)n1. The Balaban J connectivity index is 1.42. The molecule has 146 valence electrons. The third-order valence-electron chi connectivity index (χ3n) is 5.04. The van der Waals surface area contributed by atoms with Crippen molar-refractivity contribution in [1.29, 1.82) is 0 Å². The molecule has 0 radical (unpaired) electrons. The summed E-state index contributed by atoms with van der Waals surface area (Å²) in [6, 6.07) is 9.17. The molecule has 1 N–H and O–H groups in total. The van der Waals surface area contributed by atoms with Crippen LogP contribution in [0.4, 0.5) is 5.69 Å². The Kier molecular flexibility index (Phi) is 5.09. The van der Waals surface area contributed by atoms with Crippen molar-refractivity contribution in [2.45, 2.75) is 54.6 Å². The second-order valence-electron chi connectivity index (χ2n) is 7.31. The maximum absolute atomic E-state index is 12.8. The minimum Gasteiger partial charge on any atom is -0.324 e. The van der Waals surface area contributed by atoms with Gasteiger partial charge >= 0.3 is 0 Å². The Labute approximate surface area is 172 Å². The lowest BCUT2D eigenvalue weighted by atomic mass is 10.2. The summed E-state index contributed by atoms with van der Waals surface area (Å²) in [7, 11) is 0. The Morgan fingerprint density at radius 2 is 1.93 bits per heavy atom. The van der Waals surface area contributed by atoms with Gasteiger partial charge in [-0.15, -0.1) is 11.8 Å². The number of thioether (sulfide) groups is 1. The molecule has 8 heteroatoms. The molecule has 1 aromatic carbocycles. The van der Waals surface area contributed by atoms with Gasteiger partial charge < -0.3 is 10.2 Å². The van der Waals surface area contributed by atoms with Crippen molar-refractivity contribution in [3.05, 3.63) is 41.7 Å². The molecular weight excluding hydrogens is 392 g/mol. The number of nitrogens with one attached hydrogen (secondary N) is 1. The Morgan fingerprint density at radius 1 is 1.25 bits per heavy atom. The van der Waals surface area contributed by atoms with E-state index in [-0.39, 0.29) is 16.7 Å². The summed E-state index contributed by atoms with van der Waals surface area (Å²) in [5.41, 5.74) is 2.61. The first-order valence-corrected chi connectivity index (χ1v) is 11.0. The van der Waals surface area contributed by atoms with Crippen LogP contribution in [-0.2, 0) is 9.59 Å². The van der Waals surface area contributed by atoms with E-state index in [1.165, 1.54) is 11.8 Å². The molecule has 2 aliphatic heterocycles. The molecule has 6 nitrogen and oxygen atoms in total. The van der Waals surface area contributed by atoms with E-state index in [1.807, 2.05) is 44.2 Å². The van der Waals surface area contributed by atoms with E-state index in [0.29, 0.717) is 17.3 Å². The van der Waals surface area contributed by atoms with Crippen LogP contribution in [0.2, 0.25) is 0 Å². The van der Waals surface area contributed by atoms with E-state index >= 15 is 0 Å². The second-order valence-corrected chi connectivity index (χ2v) is 9.86. The third-order valence-corrected chi connectivity index (χ3v) is 7.42. The molecule has 28 heavy (non-hydrogen) atoms. The van der Waals surface area contributed by atoms with E-state index in [0.717, 1.165) is 28.4 Å². The van der Waals surface area contributed by atoms with Crippen LogP contribution in [0.1, 0.15) is 31.2 Å². The van der Waals surface area contributed by atoms with Crippen molar-refractivity contribution in [3.63, 3.8) is 0 Å². The first-order valence-electron chi connectivity index (χ1n) is 9.21. The summed E-state index contributed by atoms with van der Waals surface area (Å²) in [6.07, 6.45) is 1.34. The molecule has 0 spiro atoms. The van der Waals surface area contributed by atoms with Crippen LogP contribution >= 0.6 is 23.5 Å². The molecule has 2 aliphatic rings. The Bertz CT molecular complexity index is 914. The molecule has 2 amide bonds. The van der Waals surface area contributed by atoms with Crippen LogP contribution in [0.5, 0.6) is 0 Å². The lowest BCUT2D eigenvalue weighted by Crippen LogP contribution is -2.48. The van der Waals surface area contributed by atoms with Crippen LogP contribution in [0.25, 0.3) is 0 Å². The molecule has 2 unspecified atom stereocenters. The van der Waals surface area contributed by atoms with Gasteiger partial charge in [-0.1, -0.05) is 0 Å². The van der Waals surface area contributed by atoms with Crippen molar-refractivity contribution in [3.8, 4) is 0 Å². The number of anilines is 1. The number of aromatic nitrogens is 2. The zero-order chi connectivity index (χ0) is 19.9. The smallest absolute Gasteiger partial charge is 0.248 e. The Hall–Kier alpha value is -2.06. The zero-order valence-corrected chi connectivity index (χ0v) is 17.7. The molecule has 0 saturated carbocycles. The molecule has 0 aliphatic carbocycles. The van der Waals surface area contributed by atoms with Gasteiger partial charge in [-0.25, -0.2) is 9.97 Å². The fourth-order valence-corrected chi connectivity index (χ4v) is 5.99. The Morgan fingerprint density at radius 3 is 2.61 bits per heavy atom. The quantitative estimate of drug-likeness (QED) is 0.770. The highest BCUT2D eigenvalue weighted by molar-refractivity contribution is 8.01. The predicted molar refractivity (Wildman–Crippen MR) is 111 cm³/mol. The summed E-state index contributed by atoms with van der Waals surface area (Å²) in [4.78, 5) is 36.4. The van der Waals surface area contributed by atoms with E-state index < -0.39 is 6.04 Å². The number of carbonyl (C=O) groups is 2. The highest BCUT2D eigenvalue weighted by atomic mass is 32.2. The van der Waals surface area contributed by atoms with Gasteiger partial charge in [0.15, 0.2) is 5.16 Å². The van der Waals surface area contributed by atoms with Crippen molar-refractivity contribution >= 4 is 41.0 Å². The topological polar surface area (TPSA) is 75.2 Å². The normalized spacial score (nSPS) is 23.8. The van der Waals surface area contributed by atoms with Crippen LogP contribution in [0, 0.1) is 13.8 Å². The van der Waals surface area contributed by atoms with Crippen LogP contribution in [0.15, 0.2) is 40.4 Å². The van der Waals surface area contributed by atoms with Gasteiger partial charge in [-0.3, -0.25) is 9.59 Å². The van der Waals surface area contributed by atoms with Gasteiger partial charge in [0.2, 0.25) is 11.8 Å². The molecule has 2 aromatic rings. The standard InChI is InChI=1S/C20H22N4O2S2/c1-12-10-13(2)22-19(21-12)28-15-6-4-14(5-7-15)23-18(26)16-11-27-20(3)9-8-17(25)24(16)20/h4-7,10,16H,8-9,11H2,1-3H3,(H,23,26).